The number of nitrogens with one attached hydrogen (secondary N) is 1. The van der Waals surface area contributed by atoms with Crippen LogP contribution in [0.5, 0.6) is 0 Å². The number of halogens is 1. The van der Waals surface area contributed by atoms with Crippen LogP contribution in [0.2, 0.25) is 5.15 Å². The topological polar surface area (TPSA) is 81.0 Å². The summed E-state index contributed by atoms with van der Waals surface area (Å²) in [5.41, 5.74) is -0.217. The van der Waals surface area contributed by atoms with Gasteiger partial charge >= 0.3 is 5.69 Å². The van der Waals surface area contributed by atoms with Crippen molar-refractivity contribution in [2.45, 2.75) is 31.7 Å². The normalized spacial score (nSPS) is 19.0. The van der Waals surface area contributed by atoms with Crippen molar-refractivity contribution in [3.05, 3.63) is 21.6 Å². The van der Waals surface area contributed by atoms with E-state index >= 15 is 0 Å². The molecule has 0 amide bonds. The molecule has 2 saturated carbocycles. The first-order valence-corrected chi connectivity index (χ1v) is 6.46. The Balaban J connectivity index is 1.86. The molecule has 96 valence electrons. The van der Waals surface area contributed by atoms with E-state index in [1.165, 1.54) is 32.0 Å². The van der Waals surface area contributed by atoms with Crippen molar-refractivity contribution in [2.75, 3.05) is 5.32 Å². The molecule has 0 spiro atoms. The Bertz CT molecular complexity index is 476. The molecule has 0 unspecified atom stereocenters. The van der Waals surface area contributed by atoms with Gasteiger partial charge in [-0.25, -0.2) is 9.97 Å². The molecule has 1 aromatic rings. The minimum atomic E-state index is -0.526. The average Bonchev–Trinajstić information content (AvgIpc) is 3.17. The van der Waals surface area contributed by atoms with E-state index in [9.17, 15) is 10.1 Å². The molecule has 6 nitrogen and oxygen atoms in total. The molecule has 0 radical (unpaired) electrons. The van der Waals surface area contributed by atoms with E-state index in [4.69, 9.17) is 11.6 Å². The highest BCUT2D eigenvalue weighted by atomic mass is 35.5. The number of anilines is 1. The van der Waals surface area contributed by atoms with E-state index in [1.54, 1.807) is 0 Å². The second-order valence-corrected chi connectivity index (χ2v) is 5.32. The van der Waals surface area contributed by atoms with Gasteiger partial charge in [-0.2, -0.15) is 0 Å². The zero-order valence-electron chi connectivity index (χ0n) is 9.67. The minimum absolute atomic E-state index is 0.108. The maximum Gasteiger partial charge on any atom is 0.348 e. The van der Waals surface area contributed by atoms with Crippen LogP contribution in [0, 0.1) is 22.0 Å². The predicted octanol–water partition coefficient (Wildman–Crippen LogP) is 2.64. The Hall–Kier alpha value is -1.43. The molecule has 0 saturated heterocycles. The third-order valence-electron chi connectivity index (χ3n) is 3.52. The van der Waals surface area contributed by atoms with Crippen molar-refractivity contribution >= 4 is 23.1 Å². The van der Waals surface area contributed by atoms with E-state index in [-0.39, 0.29) is 16.7 Å². The first-order chi connectivity index (χ1) is 8.66. The van der Waals surface area contributed by atoms with E-state index in [2.05, 4.69) is 15.3 Å². The van der Waals surface area contributed by atoms with Gasteiger partial charge in [0.05, 0.1) is 4.92 Å². The molecule has 1 N–H and O–H groups in total. The van der Waals surface area contributed by atoms with E-state index < -0.39 is 4.92 Å². The summed E-state index contributed by atoms with van der Waals surface area (Å²) in [5.74, 6) is 1.51. The van der Waals surface area contributed by atoms with Gasteiger partial charge in [0.1, 0.15) is 6.33 Å². The lowest BCUT2D eigenvalue weighted by Gasteiger charge is -2.17. The van der Waals surface area contributed by atoms with Crippen molar-refractivity contribution in [3.8, 4) is 0 Å². The lowest BCUT2D eigenvalue weighted by atomic mass is 10.1. The maximum absolute atomic E-state index is 11.0. The van der Waals surface area contributed by atoms with Crippen LogP contribution in [0.3, 0.4) is 0 Å². The zero-order valence-corrected chi connectivity index (χ0v) is 10.4. The molecule has 2 aliphatic carbocycles. The third kappa shape index (κ3) is 2.25. The molecule has 3 rings (SSSR count). The summed E-state index contributed by atoms with van der Waals surface area (Å²) in [6, 6.07) is 0.301. The van der Waals surface area contributed by atoms with Gasteiger partial charge in [-0.05, 0) is 37.5 Å². The Kier molecular flexibility index (Phi) is 2.81. The summed E-state index contributed by atoms with van der Waals surface area (Å²) in [6.45, 7) is 0. The van der Waals surface area contributed by atoms with Gasteiger partial charge in [0.2, 0.25) is 11.0 Å². The molecule has 7 heteroatoms. The van der Waals surface area contributed by atoms with Crippen LogP contribution in [0.25, 0.3) is 0 Å². The summed E-state index contributed by atoms with van der Waals surface area (Å²) in [6.07, 6.45) is 6.04. The number of aromatic nitrogens is 2. The zero-order chi connectivity index (χ0) is 12.7. The van der Waals surface area contributed by atoms with Crippen LogP contribution in [-0.4, -0.2) is 20.9 Å². The van der Waals surface area contributed by atoms with Gasteiger partial charge in [0, 0.05) is 6.04 Å². The molecular formula is C11H13ClN4O2. The van der Waals surface area contributed by atoms with Crippen molar-refractivity contribution in [3.63, 3.8) is 0 Å². The van der Waals surface area contributed by atoms with Gasteiger partial charge in [-0.1, -0.05) is 11.6 Å². The predicted molar refractivity (Wildman–Crippen MR) is 66.6 cm³/mol. The van der Waals surface area contributed by atoms with Crippen LogP contribution in [0.15, 0.2) is 6.33 Å². The van der Waals surface area contributed by atoms with Crippen molar-refractivity contribution in [1.82, 2.24) is 9.97 Å². The van der Waals surface area contributed by atoms with Crippen LogP contribution in [-0.2, 0) is 0 Å². The Labute approximate surface area is 109 Å². The molecule has 2 fully saturated rings. The van der Waals surface area contributed by atoms with Gasteiger partial charge in [-0.3, -0.25) is 10.1 Å². The molecule has 0 aromatic carbocycles. The highest BCUT2D eigenvalue weighted by Gasteiger charge is 2.42. The molecule has 1 aromatic heterocycles. The number of nitrogens with zero attached hydrogens (tertiary/aromatic N) is 3. The monoisotopic (exact) mass is 268 g/mol. The fourth-order valence-electron chi connectivity index (χ4n) is 2.31. The quantitative estimate of drug-likeness (QED) is 0.504. The number of hydrogen-bond acceptors (Lipinski definition) is 5. The smallest absolute Gasteiger partial charge is 0.348 e. The van der Waals surface area contributed by atoms with Gasteiger partial charge in [0.25, 0.3) is 0 Å². The molecule has 0 bridgehead atoms. The minimum Gasteiger partial charge on any atom is -0.361 e. The Morgan fingerprint density at radius 2 is 1.94 bits per heavy atom. The molecular weight excluding hydrogens is 256 g/mol. The van der Waals surface area contributed by atoms with Crippen molar-refractivity contribution in [1.29, 1.82) is 0 Å². The number of hydrogen-bond donors (Lipinski definition) is 1. The highest BCUT2D eigenvalue weighted by molar-refractivity contribution is 6.31. The van der Waals surface area contributed by atoms with Gasteiger partial charge < -0.3 is 5.32 Å². The first kappa shape index (κ1) is 11.6. The molecule has 2 aliphatic rings. The largest absolute Gasteiger partial charge is 0.361 e. The third-order valence-corrected chi connectivity index (χ3v) is 3.80. The van der Waals surface area contributed by atoms with Crippen molar-refractivity contribution in [2.24, 2.45) is 11.8 Å². The summed E-state index contributed by atoms with van der Waals surface area (Å²) in [4.78, 5) is 18.1. The second kappa shape index (κ2) is 4.35. The summed E-state index contributed by atoms with van der Waals surface area (Å²) in [7, 11) is 0. The van der Waals surface area contributed by atoms with E-state index in [0.29, 0.717) is 17.9 Å². The molecule has 1 heterocycles. The van der Waals surface area contributed by atoms with Gasteiger partial charge in [-0.15, -0.1) is 0 Å². The van der Waals surface area contributed by atoms with Crippen LogP contribution in [0.1, 0.15) is 25.7 Å². The fraction of sp³-hybridized carbons (Fsp3) is 0.636. The Morgan fingerprint density at radius 1 is 1.33 bits per heavy atom. The van der Waals surface area contributed by atoms with Crippen LogP contribution >= 0.6 is 11.6 Å². The SMILES string of the molecule is O=[N+]([O-])c1c(Cl)ncnc1NC(C1CC1)C1CC1. The average molecular weight is 269 g/mol. The van der Waals surface area contributed by atoms with E-state index in [0.717, 1.165) is 0 Å². The van der Waals surface area contributed by atoms with Crippen LogP contribution in [0.4, 0.5) is 11.5 Å². The maximum atomic E-state index is 11.0. The van der Waals surface area contributed by atoms with Crippen LogP contribution < -0.4 is 5.32 Å². The standard InChI is InChI=1S/C11H13ClN4O2/c12-10-9(16(17)18)11(14-5-13-10)15-8(6-1-2-6)7-3-4-7/h5-8H,1-4H2,(H,13,14,15). The second-order valence-electron chi connectivity index (χ2n) is 4.96. The van der Waals surface area contributed by atoms with Crippen molar-refractivity contribution < 1.29 is 4.92 Å². The molecule has 18 heavy (non-hydrogen) atoms. The lowest BCUT2D eigenvalue weighted by molar-refractivity contribution is -0.384. The summed E-state index contributed by atoms with van der Waals surface area (Å²) >= 11 is 5.77. The number of rotatable bonds is 5. The highest BCUT2D eigenvalue weighted by Crippen LogP contribution is 2.46. The Morgan fingerprint density at radius 3 is 2.44 bits per heavy atom. The van der Waals surface area contributed by atoms with E-state index in [1.807, 2.05) is 0 Å². The summed E-state index contributed by atoms with van der Waals surface area (Å²) in [5, 5.41) is 14.1. The molecule has 0 aliphatic heterocycles. The summed E-state index contributed by atoms with van der Waals surface area (Å²) < 4.78 is 0. The first-order valence-electron chi connectivity index (χ1n) is 6.08. The lowest BCUT2D eigenvalue weighted by Crippen LogP contribution is -2.25. The molecule has 0 atom stereocenters. The van der Waals surface area contributed by atoms with Gasteiger partial charge in [0.15, 0.2) is 0 Å². The number of nitro groups is 1. The fourth-order valence-corrected chi connectivity index (χ4v) is 2.52.